The van der Waals surface area contributed by atoms with Gasteiger partial charge in [0.2, 0.25) is 11.8 Å². The average Bonchev–Trinajstić information content (AvgIpc) is 3.06. The van der Waals surface area contributed by atoms with Gasteiger partial charge in [0, 0.05) is 12.6 Å². The summed E-state index contributed by atoms with van der Waals surface area (Å²) < 4.78 is 4.67. The van der Waals surface area contributed by atoms with Crippen LogP contribution in [0.2, 0.25) is 0 Å². The molecule has 1 saturated carbocycles. The maximum absolute atomic E-state index is 12.5. The molecule has 1 fully saturated rings. The highest BCUT2D eigenvalue weighted by molar-refractivity contribution is 5.98. The van der Waals surface area contributed by atoms with Gasteiger partial charge in [-0.05, 0) is 37.0 Å². The number of hydrogen-bond acceptors (Lipinski definition) is 4. The Bertz CT molecular complexity index is 594. The minimum atomic E-state index is -0.545. The van der Waals surface area contributed by atoms with Gasteiger partial charge < -0.3 is 15.4 Å². The molecule has 2 rings (SSSR count). The van der Waals surface area contributed by atoms with Crippen LogP contribution < -0.4 is 10.6 Å². The van der Waals surface area contributed by atoms with Gasteiger partial charge in [-0.25, -0.2) is 4.79 Å². The van der Waals surface area contributed by atoms with Crippen molar-refractivity contribution < 1.29 is 19.1 Å². The molecule has 0 aromatic heterocycles. The number of hydrogen-bond donors (Lipinski definition) is 2. The van der Waals surface area contributed by atoms with Crippen molar-refractivity contribution in [3.63, 3.8) is 0 Å². The number of nitrogens with one attached hydrogen (secondary N) is 2. The van der Waals surface area contributed by atoms with Gasteiger partial charge in [-0.15, -0.1) is 0 Å². The number of anilines is 1. The monoisotopic (exact) mass is 318 g/mol. The molecule has 0 spiro atoms. The Morgan fingerprint density at radius 1 is 1.22 bits per heavy atom. The molecule has 0 saturated heterocycles. The second-order valence-corrected chi connectivity index (χ2v) is 5.78. The summed E-state index contributed by atoms with van der Waals surface area (Å²) in [5, 5.41) is 5.53. The summed E-state index contributed by atoms with van der Waals surface area (Å²) in [6, 6.07) is 6.00. The van der Waals surface area contributed by atoms with E-state index in [4.69, 9.17) is 0 Å². The first-order valence-corrected chi connectivity index (χ1v) is 7.77. The van der Waals surface area contributed by atoms with Gasteiger partial charge >= 0.3 is 5.97 Å². The SMILES string of the molecule is COC(=O)c1cccc(NC(=O)C(NC(C)=O)C2CCCC2)c1. The van der Waals surface area contributed by atoms with E-state index >= 15 is 0 Å². The molecule has 124 valence electrons. The summed E-state index contributed by atoms with van der Waals surface area (Å²) in [4.78, 5) is 35.5. The highest BCUT2D eigenvalue weighted by Gasteiger charge is 2.31. The van der Waals surface area contributed by atoms with Crippen LogP contribution in [0.15, 0.2) is 24.3 Å². The van der Waals surface area contributed by atoms with Gasteiger partial charge in [-0.3, -0.25) is 9.59 Å². The molecule has 2 N–H and O–H groups in total. The van der Waals surface area contributed by atoms with Crippen LogP contribution in [-0.2, 0) is 14.3 Å². The van der Waals surface area contributed by atoms with E-state index < -0.39 is 12.0 Å². The van der Waals surface area contributed by atoms with Gasteiger partial charge in [0.1, 0.15) is 6.04 Å². The first kappa shape index (κ1) is 17.0. The van der Waals surface area contributed by atoms with Crippen LogP contribution in [0.4, 0.5) is 5.69 Å². The van der Waals surface area contributed by atoms with Gasteiger partial charge in [0.05, 0.1) is 12.7 Å². The second-order valence-electron chi connectivity index (χ2n) is 5.78. The maximum Gasteiger partial charge on any atom is 0.337 e. The fourth-order valence-corrected chi connectivity index (χ4v) is 2.97. The lowest BCUT2D eigenvalue weighted by Crippen LogP contribution is -2.47. The zero-order valence-corrected chi connectivity index (χ0v) is 13.4. The van der Waals surface area contributed by atoms with Crippen molar-refractivity contribution in [2.24, 2.45) is 5.92 Å². The fourth-order valence-electron chi connectivity index (χ4n) is 2.97. The molecule has 6 nitrogen and oxygen atoms in total. The summed E-state index contributed by atoms with van der Waals surface area (Å²) in [7, 11) is 1.31. The van der Waals surface area contributed by atoms with E-state index in [1.165, 1.54) is 14.0 Å². The van der Waals surface area contributed by atoms with Crippen molar-refractivity contribution in [2.45, 2.75) is 38.6 Å². The second kappa shape index (κ2) is 7.76. The van der Waals surface area contributed by atoms with Crippen LogP contribution in [0, 0.1) is 5.92 Å². The number of rotatable bonds is 5. The topological polar surface area (TPSA) is 84.5 Å². The third-order valence-corrected chi connectivity index (χ3v) is 4.06. The standard InChI is InChI=1S/C17H22N2O4/c1-11(20)18-15(12-6-3-4-7-12)16(21)19-14-9-5-8-13(10-14)17(22)23-2/h5,8-10,12,15H,3-4,6-7H2,1-2H3,(H,18,20)(H,19,21). The molecule has 1 atom stereocenters. The lowest BCUT2D eigenvalue weighted by atomic mass is 9.97. The third kappa shape index (κ3) is 4.55. The smallest absolute Gasteiger partial charge is 0.337 e. The Morgan fingerprint density at radius 2 is 1.91 bits per heavy atom. The lowest BCUT2D eigenvalue weighted by molar-refractivity contribution is -0.126. The van der Waals surface area contributed by atoms with Crippen molar-refractivity contribution in [3.05, 3.63) is 29.8 Å². The van der Waals surface area contributed by atoms with Crippen LogP contribution in [-0.4, -0.2) is 30.9 Å². The molecule has 1 aliphatic rings. The fraction of sp³-hybridized carbons (Fsp3) is 0.471. The van der Waals surface area contributed by atoms with Crippen LogP contribution in [0.1, 0.15) is 43.0 Å². The molecule has 6 heteroatoms. The van der Waals surface area contributed by atoms with E-state index in [9.17, 15) is 14.4 Å². The van der Waals surface area contributed by atoms with Gasteiger partial charge in [0.15, 0.2) is 0 Å². The van der Waals surface area contributed by atoms with Gasteiger partial charge in [-0.1, -0.05) is 18.9 Å². The number of benzene rings is 1. The predicted octanol–water partition coefficient (Wildman–Crippen LogP) is 2.11. The zero-order valence-electron chi connectivity index (χ0n) is 13.4. The number of carbonyl (C=O) groups excluding carboxylic acids is 3. The Hall–Kier alpha value is -2.37. The Labute approximate surface area is 135 Å². The molecule has 0 heterocycles. The van der Waals surface area contributed by atoms with Crippen LogP contribution >= 0.6 is 0 Å². The van der Waals surface area contributed by atoms with Crippen LogP contribution in [0.5, 0.6) is 0 Å². The molecule has 0 aliphatic heterocycles. The number of methoxy groups -OCH3 is 1. The molecule has 2 amide bonds. The number of amides is 2. The minimum Gasteiger partial charge on any atom is -0.465 e. The highest BCUT2D eigenvalue weighted by Crippen LogP contribution is 2.28. The molecular weight excluding hydrogens is 296 g/mol. The molecule has 1 aliphatic carbocycles. The number of ether oxygens (including phenoxy) is 1. The maximum atomic E-state index is 12.5. The quantitative estimate of drug-likeness (QED) is 0.814. The first-order valence-electron chi connectivity index (χ1n) is 7.77. The van der Waals surface area contributed by atoms with Crippen LogP contribution in [0.25, 0.3) is 0 Å². The molecule has 1 aromatic rings. The van der Waals surface area contributed by atoms with E-state index in [0.717, 1.165) is 25.7 Å². The summed E-state index contributed by atoms with van der Waals surface area (Å²) in [5.41, 5.74) is 0.869. The van der Waals surface area contributed by atoms with Crippen LogP contribution in [0.3, 0.4) is 0 Å². The zero-order chi connectivity index (χ0) is 16.8. The molecular formula is C17H22N2O4. The lowest BCUT2D eigenvalue weighted by Gasteiger charge is -2.23. The van der Waals surface area contributed by atoms with Crippen molar-refractivity contribution in [1.82, 2.24) is 5.32 Å². The Morgan fingerprint density at radius 3 is 2.52 bits per heavy atom. The van der Waals surface area contributed by atoms with E-state index in [2.05, 4.69) is 15.4 Å². The summed E-state index contributed by atoms with van der Waals surface area (Å²) in [6.07, 6.45) is 4.01. The molecule has 0 bridgehead atoms. The third-order valence-electron chi connectivity index (χ3n) is 4.06. The summed E-state index contributed by atoms with van der Waals surface area (Å²) in [5.74, 6) is -0.785. The normalized spacial score (nSPS) is 15.7. The Kier molecular flexibility index (Phi) is 5.73. The van der Waals surface area contributed by atoms with Crippen molar-refractivity contribution in [3.8, 4) is 0 Å². The summed E-state index contributed by atoms with van der Waals surface area (Å²) >= 11 is 0. The minimum absolute atomic E-state index is 0.155. The number of carbonyl (C=O) groups is 3. The van der Waals surface area contributed by atoms with Gasteiger partial charge in [0.25, 0.3) is 0 Å². The van der Waals surface area contributed by atoms with E-state index in [1.54, 1.807) is 24.3 Å². The van der Waals surface area contributed by atoms with Crippen molar-refractivity contribution >= 4 is 23.5 Å². The highest BCUT2D eigenvalue weighted by atomic mass is 16.5. The van der Waals surface area contributed by atoms with E-state index in [0.29, 0.717) is 11.3 Å². The Balaban J connectivity index is 2.11. The van der Waals surface area contributed by atoms with Crippen molar-refractivity contribution in [2.75, 3.05) is 12.4 Å². The van der Waals surface area contributed by atoms with E-state index in [-0.39, 0.29) is 17.7 Å². The largest absolute Gasteiger partial charge is 0.465 e. The van der Waals surface area contributed by atoms with E-state index in [1.807, 2.05) is 0 Å². The van der Waals surface area contributed by atoms with Crippen molar-refractivity contribution in [1.29, 1.82) is 0 Å². The van der Waals surface area contributed by atoms with Gasteiger partial charge in [-0.2, -0.15) is 0 Å². The summed E-state index contributed by atoms with van der Waals surface area (Å²) in [6.45, 7) is 1.41. The molecule has 23 heavy (non-hydrogen) atoms. The molecule has 0 radical (unpaired) electrons. The molecule has 1 unspecified atom stereocenters. The number of esters is 1. The predicted molar refractivity (Wildman–Crippen MR) is 86.0 cm³/mol. The molecule has 1 aromatic carbocycles. The average molecular weight is 318 g/mol. The first-order chi connectivity index (χ1) is 11.0.